The molecule has 28 heavy (non-hydrogen) atoms. The van der Waals surface area contributed by atoms with Crippen LogP contribution >= 0.6 is 15.9 Å². The number of rotatable bonds is 6. The van der Waals surface area contributed by atoms with Gasteiger partial charge in [-0.1, -0.05) is 15.9 Å². The van der Waals surface area contributed by atoms with Crippen LogP contribution in [0.1, 0.15) is 29.0 Å². The van der Waals surface area contributed by atoms with E-state index in [9.17, 15) is 9.18 Å². The lowest BCUT2D eigenvalue weighted by Crippen LogP contribution is -2.26. The van der Waals surface area contributed by atoms with E-state index in [2.05, 4.69) is 36.9 Å². The number of halogens is 3. The number of aromatic nitrogens is 3. The predicted molar refractivity (Wildman–Crippen MR) is 101 cm³/mol. The van der Waals surface area contributed by atoms with Crippen LogP contribution in [0.15, 0.2) is 28.9 Å². The van der Waals surface area contributed by atoms with Crippen molar-refractivity contribution in [3.63, 3.8) is 0 Å². The summed E-state index contributed by atoms with van der Waals surface area (Å²) < 4.78 is 31.3. The van der Waals surface area contributed by atoms with Gasteiger partial charge in [0.2, 0.25) is 0 Å². The molecule has 0 bridgehead atoms. The van der Waals surface area contributed by atoms with Crippen molar-refractivity contribution in [3.8, 4) is 0 Å². The molecule has 1 fully saturated rings. The van der Waals surface area contributed by atoms with Gasteiger partial charge in [-0.15, -0.1) is 10.2 Å². The number of aryl methyl sites for hydroxylation is 1. The molecule has 0 atom stereocenters. The Morgan fingerprint density at radius 3 is 2.86 bits per heavy atom. The summed E-state index contributed by atoms with van der Waals surface area (Å²) in [6.07, 6.45) is 3.51. The summed E-state index contributed by atoms with van der Waals surface area (Å²) in [5.74, 6) is -1.24. The van der Waals surface area contributed by atoms with E-state index in [-0.39, 0.29) is 22.6 Å². The predicted octanol–water partition coefficient (Wildman–Crippen LogP) is 3.89. The van der Waals surface area contributed by atoms with E-state index in [1.807, 2.05) is 0 Å². The van der Waals surface area contributed by atoms with Gasteiger partial charge in [-0.05, 0) is 43.9 Å². The van der Waals surface area contributed by atoms with Crippen molar-refractivity contribution in [3.05, 3.63) is 51.9 Å². The maximum atomic E-state index is 15.1. The Kier molecular flexibility index (Phi) is 4.98. The van der Waals surface area contributed by atoms with Crippen LogP contribution in [-0.4, -0.2) is 27.1 Å². The second-order valence-electron chi connectivity index (χ2n) is 6.61. The molecule has 1 aromatic carbocycles. The van der Waals surface area contributed by atoms with Crippen LogP contribution in [0.5, 0.6) is 0 Å². The van der Waals surface area contributed by atoms with E-state index in [1.54, 1.807) is 13.0 Å². The Morgan fingerprint density at radius 2 is 2.14 bits per heavy atom. The SMILES string of the molecule is Cc1nnc2c(F)c(Nc3ccc(Br)cc3F)c(C(=O)NOCC3CC3)cn12. The molecule has 2 heterocycles. The smallest absolute Gasteiger partial charge is 0.278 e. The highest BCUT2D eigenvalue weighted by atomic mass is 79.9. The number of hydrogen-bond acceptors (Lipinski definition) is 5. The summed E-state index contributed by atoms with van der Waals surface area (Å²) in [5, 5.41) is 10.3. The number of hydroxylamine groups is 1. The second kappa shape index (κ2) is 7.44. The van der Waals surface area contributed by atoms with Crippen LogP contribution in [0.3, 0.4) is 0 Å². The van der Waals surface area contributed by atoms with Crippen LogP contribution in [0.2, 0.25) is 0 Å². The van der Waals surface area contributed by atoms with Gasteiger partial charge in [0.05, 0.1) is 23.5 Å². The fourth-order valence-electron chi connectivity index (χ4n) is 2.68. The molecule has 1 saturated carbocycles. The van der Waals surface area contributed by atoms with Crippen molar-refractivity contribution in [1.82, 2.24) is 20.1 Å². The number of fused-ring (bicyclic) bond motifs is 1. The van der Waals surface area contributed by atoms with Gasteiger partial charge in [-0.2, -0.15) is 0 Å². The van der Waals surface area contributed by atoms with Crippen LogP contribution in [0, 0.1) is 24.5 Å². The van der Waals surface area contributed by atoms with E-state index in [0.717, 1.165) is 12.8 Å². The Balaban J connectivity index is 1.73. The molecular formula is C18H16BrF2N5O2. The monoisotopic (exact) mass is 451 g/mol. The van der Waals surface area contributed by atoms with E-state index < -0.39 is 17.5 Å². The fourth-order valence-corrected chi connectivity index (χ4v) is 3.01. The minimum Gasteiger partial charge on any atom is -0.350 e. The lowest BCUT2D eigenvalue weighted by molar-refractivity contribution is 0.0270. The minimum atomic E-state index is -0.822. The van der Waals surface area contributed by atoms with Crippen LogP contribution < -0.4 is 10.8 Å². The number of carbonyl (C=O) groups is 1. The average molecular weight is 452 g/mol. The molecule has 7 nitrogen and oxygen atoms in total. The number of amides is 1. The number of anilines is 2. The first-order chi connectivity index (χ1) is 13.4. The first-order valence-corrected chi connectivity index (χ1v) is 9.41. The van der Waals surface area contributed by atoms with Gasteiger partial charge in [0.1, 0.15) is 11.6 Å². The second-order valence-corrected chi connectivity index (χ2v) is 7.52. The van der Waals surface area contributed by atoms with E-state index in [0.29, 0.717) is 22.8 Å². The van der Waals surface area contributed by atoms with Crippen molar-refractivity contribution < 1.29 is 18.4 Å². The third-order valence-electron chi connectivity index (χ3n) is 4.43. The van der Waals surface area contributed by atoms with Gasteiger partial charge in [-0.25, -0.2) is 14.3 Å². The molecule has 2 N–H and O–H groups in total. The Hall–Kier alpha value is -2.59. The molecule has 0 unspecified atom stereocenters. The van der Waals surface area contributed by atoms with Crippen molar-refractivity contribution in [2.45, 2.75) is 19.8 Å². The van der Waals surface area contributed by atoms with E-state index in [4.69, 9.17) is 4.84 Å². The zero-order valence-corrected chi connectivity index (χ0v) is 16.4. The highest BCUT2D eigenvalue weighted by Crippen LogP contribution is 2.30. The quantitative estimate of drug-likeness (QED) is 0.555. The van der Waals surface area contributed by atoms with Crippen molar-refractivity contribution in [1.29, 1.82) is 0 Å². The standard InChI is InChI=1S/C18H16BrF2N5O2/c1-9-23-24-17-15(21)16(22-14-5-4-11(19)6-13(14)20)12(7-26(9)17)18(27)25-28-8-10-2-3-10/h4-7,10,22H,2-3,8H2,1H3,(H,25,27). The van der Waals surface area contributed by atoms with Crippen LogP contribution in [-0.2, 0) is 4.84 Å². The number of carbonyl (C=O) groups excluding carboxylic acids is 1. The molecule has 3 aromatic rings. The summed E-state index contributed by atoms with van der Waals surface area (Å²) >= 11 is 3.17. The van der Waals surface area contributed by atoms with Gasteiger partial charge in [0.25, 0.3) is 5.91 Å². The molecule has 0 spiro atoms. The summed E-state index contributed by atoms with van der Waals surface area (Å²) in [5.41, 5.74) is 1.98. The lowest BCUT2D eigenvalue weighted by Gasteiger charge is -2.15. The number of nitrogens with zero attached hydrogens (tertiary/aromatic N) is 3. The lowest BCUT2D eigenvalue weighted by atomic mass is 10.2. The molecule has 146 valence electrons. The third kappa shape index (κ3) is 3.69. The van der Waals surface area contributed by atoms with E-state index >= 15 is 4.39 Å². The minimum absolute atomic E-state index is 0.00985. The molecular weight excluding hydrogens is 436 g/mol. The average Bonchev–Trinajstić information content (AvgIpc) is 3.40. The zero-order valence-electron chi connectivity index (χ0n) is 14.8. The van der Waals surface area contributed by atoms with Gasteiger partial charge in [-0.3, -0.25) is 14.0 Å². The summed E-state index contributed by atoms with van der Waals surface area (Å²) in [7, 11) is 0. The van der Waals surface area contributed by atoms with Crippen LogP contribution in [0.4, 0.5) is 20.2 Å². The van der Waals surface area contributed by atoms with Gasteiger partial charge in [0, 0.05) is 10.7 Å². The zero-order chi connectivity index (χ0) is 19.8. The molecule has 1 aliphatic carbocycles. The molecule has 0 aliphatic heterocycles. The Labute approximate surface area is 167 Å². The van der Waals surface area contributed by atoms with E-state index in [1.165, 1.54) is 22.7 Å². The first kappa shape index (κ1) is 18.8. The Morgan fingerprint density at radius 1 is 1.36 bits per heavy atom. The van der Waals surface area contributed by atoms with Gasteiger partial charge >= 0.3 is 0 Å². The number of pyridine rings is 1. The first-order valence-electron chi connectivity index (χ1n) is 8.62. The van der Waals surface area contributed by atoms with Crippen molar-refractivity contribution >= 4 is 38.9 Å². The van der Waals surface area contributed by atoms with Crippen LogP contribution in [0.25, 0.3) is 5.65 Å². The number of hydrogen-bond donors (Lipinski definition) is 2. The number of benzene rings is 1. The summed E-state index contributed by atoms with van der Waals surface area (Å²) in [6.45, 7) is 2.03. The van der Waals surface area contributed by atoms with Gasteiger partial charge in [0.15, 0.2) is 11.5 Å². The maximum absolute atomic E-state index is 15.1. The maximum Gasteiger partial charge on any atom is 0.278 e. The third-order valence-corrected chi connectivity index (χ3v) is 4.92. The molecule has 1 aliphatic rings. The van der Waals surface area contributed by atoms with Gasteiger partial charge < -0.3 is 5.32 Å². The molecule has 0 saturated heterocycles. The normalized spacial score (nSPS) is 13.7. The highest BCUT2D eigenvalue weighted by Gasteiger charge is 2.25. The number of nitrogens with one attached hydrogen (secondary N) is 2. The highest BCUT2D eigenvalue weighted by molar-refractivity contribution is 9.10. The molecule has 0 radical (unpaired) electrons. The largest absolute Gasteiger partial charge is 0.350 e. The fraction of sp³-hybridized carbons (Fsp3) is 0.278. The molecule has 10 heteroatoms. The van der Waals surface area contributed by atoms with Crippen molar-refractivity contribution in [2.75, 3.05) is 11.9 Å². The Bertz CT molecular complexity index is 1070. The summed E-state index contributed by atoms with van der Waals surface area (Å²) in [4.78, 5) is 17.8. The van der Waals surface area contributed by atoms with Crippen molar-refractivity contribution in [2.24, 2.45) is 5.92 Å². The molecule has 2 aromatic heterocycles. The molecule has 1 amide bonds. The summed E-state index contributed by atoms with van der Waals surface area (Å²) in [6, 6.07) is 4.27. The topological polar surface area (TPSA) is 80.5 Å². The molecule has 4 rings (SSSR count).